The maximum Gasteiger partial charge on any atom is 0.271 e. The SMILES string of the molecule is CCn1nc(C)c(/C=c2/sc3n(c2=O)[C@@H](c2ccc(C)o2)C(C(=O)Nc2ccccc2C)=C(C)N=3)c1C. The number of allylic oxidation sites excluding steroid dienone is 1. The van der Waals surface area contributed by atoms with E-state index in [1.54, 1.807) is 11.5 Å². The van der Waals surface area contributed by atoms with E-state index in [9.17, 15) is 9.59 Å². The van der Waals surface area contributed by atoms with E-state index in [1.807, 2.05) is 81.8 Å². The molecule has 4 aromatic rings. The van der Waals surface area contributed by atoms with Crippen LogP contribution in [0.1, 0.15) is 53.9 Å². The fourth-order valence-corrected chi connectivity index (χ4v) is 5.77. The van der Waals surface area contributed by atoms with Crippen molar-refractivity contribution in [1.82, 2.24) is 14.3 Å². The van der Waals surface area contributed by atoms with Gasteiger partial charge in [0.05, 0.1) is 21.5 Å². The first kappa shape index (κ1) is 24.7. The monoisotopic (exact) mass is 515 g/mol. The Hall–Kier alpha value is -3.98. The highest BCUT2D eigenvalue weighted by Crippen LogP contribution is 2.32. The Morgan fingerprint density at radius 2 is 1.89 bits per heavy atom. The van der Waals surface area contributed by atoms with Crippen LogP contribution < -0.4 is 20.2 Å². The third-order valence-electron chi connectivity index (χ3n) is 6.70. The molecule has 4 heterocycles. The van der Waals surface area contributed by atoms with Gasteiger partial charge in [0.25, 0.3) is 11.5 Å². The Morgan fingerprint density at radius 1 is 1.14 bits per heavy atom. The fraction of sp³-hybridized carbons (Fsp3) is 0.286. The number of anilines is 1. The summed E-state index contributed by atoms with van der Waals surface area (Å²) in [6.07, 6.45) is 1.88. The van der Waals surface area contributed by atoms with Crippen molar-refractivity contribution in [2.75, 3.05) is 5.32 Å². The van der Waals surface area contributed by atoms with Gasteiger partial charge in [-0.1, -0.05) is 29.5 Å². The van der Waals surface area contributed by atoms with Crippen molar-refractivity contribution in [3.8, 4) is 0 Å². The number of carbonyl (C=O) groups is 1. The van der Waals surface area contributed by atoms with Crippen molar-refractivity contribution in [3.05, 3.63) is 101 Å². The van der Waals surface area contributed by atoms with Gasteiger partial charge in [-0.2, -0.15) is 5.10 Å². The lowest BCUT2D eigenvalue weighted by Crippen LogP contribution is -2.40. The molecule has 1 aliphatic rings. The lowest BCUT2D eigenvalue weighted by atomic mass is 10.00. The van der Waals surface area contributed by atoms with Crippen LogP contribution in [0.25, 0.3) is 6.08 Å². The number of nitrogens with one attached hydrogen (secondary N) is 1. The molecular weight excluding hydrogens is 486 g/mol. The van der Waals surface area contributed by atoms with E-state index < -0.39 is 6.04 Å². The molecule has 0 radical (unpaired) electrons. The summed E-state index contributed by atoms with van der Waals surface area (Å²) in [6, 6.07) is 10.5. The second-order valence-electron chi connectivity index (χ2n) is 9.20. The van der Waals surface area contributed by atoms with Gasteiger partial charge in [0.1, 0.15) is 17.6 Å². The molecule has 1 aromatic carbocycles. The van der Waals surface area contributed by atoms with Crippen molar-refractivity contribution >= 4 is 29.0 Å². The zero-order chi connectivity index (χ0) is 26.4. The minimum Gasteiger partial charge on any atom is -0.464 e. The first-order valence-electron chi connectivity index (χ1n) is 12.2. The van der Waals surface area contributed by atoms with E-state index in [0.717, 1.165) is 29.1 Å². The maximum absolute atomic E-state index is 13.9. The Balaban J connectivity index is 1.68. The number of fused-ring (bicyclic) bond motifs is 1. The van der Waals surface area contributed by atoms with Gasteiger partial charge in [0, 0.05) is 23.5 Å². The molecule has 5 rings (SSSR count). The Bertz CT molecular complexity index is 1750. The molecule has 1 N–H and O–H groups in total. The molecule has 0 saturated carbocycles. The van der Waals surface area contributed by atoms with Crippen molar-refractivity contribution < 1.29 is 9.21 Å². The van der Waals surface area contributed by atoms with Gasteiger partial charge in [-0.25, -0.2) is 4.99 Å². The molecule has 3 aromatic heterocycles. The van der Waals surface area contributed by atoms with Crippen molar-refractivity contribution in [2.24, 2.45) is 4.99 Å². The van der Waals surface area contributed by atoms with Crippen LogP contribution in [0.5, 0.6) is 0 Å². The summed E-state index contributed by atoms with van der Waals surface area (Å²) in [7, 11) is 0. The Morgan fingerprint density at radius 3 is 2.54 bits per heavy atom. The molecule has 190 valence electrons. The van der Waals surface area contributed by atoms with Crippen molar-refractivity contribution in [3.63, 3.8) is 0 Å². The quantitative estimate of drug-likeness (QED) is 0.436. The van der Waals surface area contributed by atoms with E-state index >= 15 is 0 Å². The normalized spacial score (nSPS) is 15.6. The molecule has 0 unspecified atom stereocenters. The highest BCUT2D eigenvalue weighted by Gasteiger charge is 2.34. The second kappa shape index (κ2) is 9.48. The highest BCUT2D eigenvalue weighted by molar-refractivity contribution is 7.07. The molecule has 1 amide bonds. The van der Waals surface area contributed by atoms with Crippen LogP contribution in [-0.4, -0.2) is 20.3 Å². The van der Waals surface area contributed by atoms with E-state index in [-0.39, 0.29) is 11.5 Å². The van der Waals surface area contributed by atoms with Crippen LogP contribution in [0.3, 0.4) is 0 Å². The second-order valence-corrected chi connectivity index (χ2v) is 10.2. The zero-order valence-electron chi connectivity index (χ0n) is 21.7. The first-order chi connectivity index (χ1) is 17.7. The molecule has 0 fully saturated rings. The molecule has 8 nitrogen and oxygen atoms in total. The fourth-order valence-electron chi connectivity index (χ4n) is 4.74. The summed E-state index contributed by atoms with van der Waals surface area (Å²) in [5.41, 5.74) is 5.13. The predicted molar refractivity (Wildman–Crippen MR) is 144 cm³/mol. The molecule has 0 aliphatic carbocycles. The number of aromatic nitrogens is 3. The molecule has 9 heteroatoms. The van der Waals surface area contributed by atoms with Crippen LogP contribution >= 0.6 is 11.3 Å². The van der Waals surface area contributed by atoms with Gasteiger partial charge in [-0.15, -0.1) is 0 Å². The summed E-state index contributed by atoms with van der Waals surface area (Å²) in [4.78, 5) is 32.7. The third kappa shape index (κ3) is 4.29. The number of carbonyl (C=O) groups excluding carboxylic acids is 1. The van der Waals surface area contributed by atoms with Gasteiger partial charge in [-0.3, -0.25) is 18.8 Å². The van der Waals surface area contributed by atoms with Crippen molar-refractivity contribution in [2.45, 2.75) is 54.1 Å². The molecule has 37 heavy (non-hydrogen) atoms. The number of hydrogen-bond donors (Lipinski definition) is 1. The van der Waals surface area contributed by atoms with Crippen LogP contribution in [0, 0.1) is 27.7 Å². The van der Waals surface area contributed by atoms with Gasteiger partial charge in [-0.05, 0) is 71.4 Å². The van der Waals surface area contributed by atoms with Gasteiger partial charge in [0.2, 0.25) is 0 Å². The molecule has 0 spiro atoms. The number of aryl methyl sites for hydroxylation is 4. The smallest absolute Gasteiger partial charge is 0.271 e. The number of nitrogens with zero attached hydrogens (tertiary/aromatic N) is 4. The van der Waals surface area contributed by atoms with Gasteiger partial charge in [0.15, 0.2) is 4.80 Å². The van der Waals surface area contributed by atoms with E-state index in [1.165, 1.54) is 11.3 Å². The summed E-state index contributed by atoms with van der Waals surface area (Å²) < 4.78 is 10.0. The average Bonchev–Trinajstić information content (AvgIpc) is 3.51. The molecule has 0 bridgehead atoms. The third-order valence-corrected chi connectivity index (χ3v) is 7.69. The van der Waals surface area contributed by atoms with E-state index in [4.69, 9.17) is 9.41 Å². The van der Waals surface area contributed by atoms with Gasteiger partial charge >= 0.3 is 0 Å². The Labute approximate surface area is 218 Å². The summed E-state index contributed by atoms with van der Waals surface area (Å²) in [5, 5.41) is 7.59. The number of thiazole rings is 1. The number of rotatable bonds is 5. The first-order valence-corrected chi connectivity index (χ1v) is 13.0. The highest BCUT2D eigenvalue weighted by atomic mass is 32.1. The number of amides is 1. The summed E-state index contributed by atoms with van der Waals surface area (Å²) in [6.45, 7) is 12.3. The number of hydrogen-bond acceptors (Lipinski definition) is 6. The predicted octanol–water partition coefficient (Wildman–Crippen LogP) is 3.92. The lowest BCUT2D eigenvalue weighted by Gasteiger charge is -2.23. The van der Waals surface area contributed by atoms with Crippen LogP contribution in [0.15, 0.2) is 61.9 Å². The standard InChI is InChI=1S/C28H29N5O3S/c1-7-32-19(6)20(17(4)31-32)14-23-27(35)33-25(22-13-12-16(3)36-22)24(18(5)29-28(33)37-23)26(34)30-21-11-9-8-10-15(21)2/h8-14,25H,7H2,1-6H3,(H,30,34)/b23-14+/t25-/m0/s1. The lowest BCUT2D eigenvalue weighted by molar-refractivity contribution is -0.113. The minimum absolute atomic E-state index is 0.223. The summed E-state index contributed by atoms with van der Waals surface area (Å²) in [5.74, 6) is 0.893. The topological polar surface area (TPSA) is 94.4 Å². The van der Waals surface area contributed by atoms with Crippen LogP contribution in [0.4, 0.5) is 5.69 Å². The maximum atomic E-state index is 13.9. The number of furan rings is 1. The number of para-hydroxylation sites is 1. The largest absolute Gasteiger partial charge is 0.464 e. The molecule has 1 atom stereocenters. The van der Waals surface area contributed by atoms with Crippen LogP contribution in [0.2, 0.25) is 0 Å². The van der Waals surface area contributed by atoms with E-state index in [2.05, 4.69) is 10.4 Å². The minimum atomic E-state index is -0.739. The van der Waals surface area contributed by atoms with Crippen LogP contribution in [-0.2, 0) is 11.3 Å². The summed E-state index contributed by atoms with van der Waals surface area (Å²) >= 11 is 1.30. The zero-order valence-corrected chi connectivity index (χ0v) is 22.6. The van der Waals surface area contributed by atoms with Gasteiger partial charge < -0.3 is 9.73 Å². The molecular formula is C28H29N5O3S. The molecule has 1 aliphatic heterocycles. The molecule has 0 saturated heterocycles. The van der Waals surface area contributed by atoms with Crippen molar-refractivity contribution in [1.29, 1.82) is 0 Å². The average molecular weight is 516 g/mol. The van der Waals surface area contributed by atoms with E-state index in [0.29, 0.717) is 37.8 Å². The Kier molecular flexibility index (Phi) is 6.33. The number of benzene rings is 1.